The molecule has 9 heteroatoms. The number of rotatable bonds is 64. The van der Waals surface area contributed by atoms with Crippen LogP contribution in [0.2, 0.25) is 0 Å². The second kappa shape index (κ2) is 65.3. The fourth-order valence-electron chi connectivity index (χ4n) is 9.96. The fourth-order valence-corrected chi connectivity index (χ4v) is 10.7. The van der Waals surface area contributed by atoms with Crippen molar-refractivity contribution in [3.63, 3.8) is 0 Å². The van der Waals surface area contributed by atoms with Gasteiger partial charge in [-0.2, -0.15) is 0 Å². The van der Waals surface area contributed by atoms with E-state index in [0.717, 1.165) is 89.9 Å². The van der Waals surface area contributed by atoms with E-state index in [4.69, 9.17) is 9.05 Å². The number of nitrogens with one attached hydrogen (secondary N) is 1. The number of carbonyl (C=O) groups excluding carboxylic acids is 1. The number of unbranched alkanes of at least 4 members (excludes halogenated alkanes) is 33. The van der Waals surface area contributed by atoms with Crippen molar-refractivity contribution in [1.82, 2.24) is 5.32 Å². The van der Waals surface area contributed by atoms with Gasteiger partial charge in [0.25, 0.3) is 0 Å². The summed E-state index contributed by atoms with van der Waals surface area (Å²) in [5.74, 6) is -0.187. The van der Waals surface area contributed by atoms with Gasteiger partial charge < -0.3 is 19.8 Å². The predicted octanol–water partition coefficient (Wildman–Crippen LogP) is 22.8. The standard InChI is InChI=1S/C76H135N2O6P/c1-6-8-10-12-14-16-18-20-22-24-26-28-30-31-32-33-34-35-36-37-38-39-40-41-42-43-44-45-46-47-48-50-52-54-56-58-60-62-64-66-68-70-76(80)77-74(73-84-85(81,82)83-72-71-78(3,4)5)75(79)69-67-65-63-61-59-57-55-53-51-49-29-27-25-23-21-19-17-15-13-11-9-7-2/h8,10,14,16,20,22,26,28,31-32,34-35,37-38,40-41,59,61,67,69,74-75,79H,6-7,9,11-13,15,17-19,21,23-25,27,29-30,33,36,39,42-58,60,62-66,68,70-73H2,1-5H3,(H-,77,80,81,82)/p+1/b10-8-,16-14-,22-20-,28-26-,32-31-,35-34-,38-37-,41-40-,61-59+,69-67+. The van der Waals surface area contributed by atoms with Gasteiger partial charge in [-0.1, -0.05) is 322 Å². The predicted molar refractivity (Wildman–Crippen MR) is 373 cm³/mol. The maximum Gasteiger partial charge on any atom is 0.472 e. The number of carbonyl (C=O) groups is 1. The largest absolute Gasteiger partial charge is 0.472 e. The first kappa shape index (κ1) is 81.9. The van der Waals surface area contributed by atoms with E-state index in [2.05, 4.69) is 129 Å². The fraction of sp³-hybridized carbons (Fsp3) is 0.724. The van der Waals surface area contributed by atoms with Crippen molar-refractivity contribution in [2.24, 2.45) is 0 Å². The number of aliphatic hydroxyl groups excluding tert-OH is 1. The Kier molecular flexibility index (Phi) is 63.0. The number of hydrogen-bond acceptors (Lipinski definition) is 5. The lowest BCUT2D eigenvalue weighted by atomic mass is 10.0. The van der Waals surface area contributed by atoms with Gasteiger partial charge in [-0.3, -0.25) is 13.8 Å². The SMILES string of the molecule is CC/C=C\C/C=C\C/C=C\C/C=C\C/C=C\C/C=C\C/C=C\C/C=C\CCCCCCCCCCCCCCCCCCC(=O)NC(COP(=O)(O)OCC[N+](C)(C)C)C(O)/C=C/CC/C=C/CCCCCCCCCCCCCCCCCC. The van der Waals surface area contributed by atoms with Gasteiger partial charge in [-0.05, 0) is 96.3 Å². The van der Waals surface area contributed by atoms with Gasteiger partial charge in [0, 0.05) is 6.42 Å². The number of allylic oxidation sites excluding steroid dienone is 19. The molecule has 0 aliphatic rings. The quantitative estimate of drug-likeness (QED) is 0.0243. The van der Waals surface area contributed by atoms with Gasteiger partial charge >= 0.3 is 7.82 Å². The molecule has 0 aromatic carbocycles. The monoisotopic (exact) mass is 1200 g/mol. The molecule has 0 aliphatic heterocycles. The Labute approximate surface area is 526 Å². The highest BCUT2D eigenvalue weighted by molar-refractivity contribution is 7.47. The molecule has 85 heavy (non-hydrogen) atoms. The highest BCUT2D eigenvalue weighted by Gasteiger charge is 2.28. The number of quaternary nitrogens is 1. The van der Waals surface area contributed by atoms with E-state index in [0.29, 0.717) is 17.4 Å². The molecule has 0 aromatic heterocycles. The second-order valence-corrected chi connectivity index (χ2v) is 26.3. The topological polar surface area (TPSA) is 105 Å². The molecule has 0 spiro atoms. The van der Waals surface area contributed by atoms with Crippen LogP contribution in [0.3, 0.4) is 0 Å². The minimum atomic E-state index is -4.37. The van der Waals surface area contributed by atoms with Crippen molar-refractivity contribution < 1.29 is 32.9 Å². The first-order valence-electron chi connectivity index (χ1n) is 35.4. The van der Waals surface area contributed by atoms with Crippen LogP contribution in [0.1, 0.15) is 303 Å². The molecule has 0 heterocycles. The molecule has 8 nitrogen and oxygen atoms in total. The molecule has 0 saturated heterocycles. The van der Waals surface area contributed by atoms with Crippen molar-refractivity contribution >= 4 is 13.7 Å². The number of hydrogen-bond donors (Lipinski definition) is 3. The molecule has 0 rings (SSSR count). The van der Waals surface area contributed by atoms with Crippen LogP contribution in [0.5, 0.6) is 0 Å². The Morgan fingerprint density at radius 3 is 1.08 bits per heavy atom. The summed E-state index contributed by atoms with van der Waals surface area (Å²) in [6.45, 7) is 4.70. The van der Waals surface area contributed by atoms with Crippen LogP contribution < -0.4 is 5.32 Å². The van der Waals surface area contributed by atoms with Gasteiger partial charge in [0.05, 0.1) is 39.9 Å². The first-order valence-corrected chi connectivity index (χ1v) is 36.9. The molecule has 490 valence electrons. The summed E-state index contributed by atoms with van der Waals surface area (Å²) in [5, 5.41) is 14.0. The third-order valence-corrected chi connectivity index (χ3v) is 16.4. The normalized spacial score (nSPS) is 14.4. The number of phosphoric acid groups is 1. The van der Waals surface area contributed by atoms with Crippen molar-refractivity contribution in [3.8, 4) is 0 Å². The molecular formula is C76H136N2O6P+. The molecule has 0 aromatic rings. The molecule has 0 radical (unpaired) electrons. The molecule has 3 atom stereocenters. The van der Waals surface area contributed by atoms with Crippen molar-refractivity contribution in [3.05, 3.63) is 122 Å². The van der Waals surface area contributed by atoms with E-state index in [9.17, 15) is 19.4 Å². The lowest BCUT2D eigenvalue weighted by molar-refractivity contribution is -0.870. The maximum absolute atomic E-state index is 13.0. The van der Waals surface area contributed by atoms with Crippen molar-refractivity contribution in [1.29, 1.82) is 0 Å². The molecule has 3 N–H and O–H groups in total. The third kappa shape index (κ3) is 68.3. The summed E-state index contributed by atoms with van der Waals surface area (Å²) in [4.78, 5) is 23.4. The van der Waals surface area contributed by atoms with E-state index in [1.165, 1.54) is 193 Å². The van der Waals surface area contributed by atoms with E-state index >= 15 is 0 Å². The summed E-state index contributed by atoms with van der Waals surface area (Å²) in [5.41, 5.74) is 0. The first-order chi connectivity index (χ1) is 41.5. The van der Waals surface area contributed by atoms with Gasteiger partial charge in [0.15, 0.2) is 0 Å². The van der Waals surface area contributed by atoms with Crippen LogP contribution in [0.4, 0.5) is 0 Å². The molecule has 3 unspecified atom stereocenters. The van der Waals surface area contributed by atoms with E-state index in [1.54, 1.807) is 6.08 Å². The summed E-state index contributed by atoms with van der Waals surface area (Å²) in [7, 11) is 1.55. The van der Waals surface area contributed by atoms with Gasteiger partial charge in [-0.25, -0.2) is 4.57 Å². The van der Waals surface area contributed by atoms with Crippen LogP contribution >= 0.6 is 7.82 Å². The Hall–Kier alpha value is -3.10. The summed E-state index contributed by atoms with van der Waals surface area (Å²) >= 11 is 0. The number of phosphoric ester groups is 1. The Morgan fingerprint density at radius 2 is 0.718 bits per heavy atom. The molecular weight excluding hydrogens is 1070 g/mol. The van der Waals surface area contributed by atoms with Crippen LogP contribution in [0, 0.1) is 0 Å². The highest BCUT2D eigenvalue weighted by atomic mass is 31.2. The molecule has 0 bridgehead atoms. The number of nitrogens with zero attached hydrogens (tertiary/aromatic N) is 1. The average Bonchev–Trinajstić information content (AvgIpc) is 3.48. The summed E-state index contributed by atoms with van der Waals surface area (Å²) in [6, 6.07) is -0.870. The Balaban J connectivity index is 4.06. The maximum atomic E-state index is 13.0. The average molecular weight is 1200 g/mol. The van der Waals surface area contributed by atoms with Crippen LogP contribution in [-0.2, 0) is 18.4 Å². The molecule has 0 saturated carbocycles. The summed E-state index contributed by atoms with van der Waals surface area (Å²) in [6.07, 6.45) is 97.8. The highest BCUT2D eigenvalue weighted by Crippen LogP contribution is 2.43. The van der Waals surface area contributed by atoms with Crippen molar-refractivity contribution in [2.45, 2.75) is 315 Å². The van der Waals surface area contributed by atoms with E-state index < -0.39 is 20.0 Å². The van der Waals surface area contributed by atoms with Gasteiger partial charge in [0.1, 0.15) is 13.2 Å². The number of aliphatic hydroxyl groups is 1. The zero-order valence-electron chi connectivity index (χ0n) is 56.1. The molecule has 0 fully saturated rings. The van der Waals surface area contributed by atoms with Gasteiger partial charge in [-0.15, -0.1) is 0 Å². The third-order valence-electron chi connectivity index (χ3n) is 15.4. The van der Waals surface area contributed by atoms with Crippen LogP contribution in [0.25, 0.3) is 0 Å². The minimum absolute atomic E-state index is 0.0529. The molecule has 0 aliphatic carbocycles. The minimum Gasteiger partial charge on any atom is -0.387 e. The van der Waals surface area contributed by atoms with Crippen molar-refractivity contribution in [2.75, 3.05) is 40.9 Å². The lowest BCUT2D eigenvalue weighted by Crippen LogP contribution is -2.45. The Bertz CT molecular complexity index is 1800. The van der Waals surface area contributed by atoms with Crippen LogP contribution in [0.15, 0.2) is 122 Å². The van der Waals surface area contributed by atoms with Crippen LogP contribution in [-0.4, -0.2) is 73.4 Å². The second-order valence-electron chi connectivity index (χ2n) is 24.9. The Morgan fingerprint density at radius 1 is 0.412 bits per heavy atom. The lowest BCUT2D eigenvalue weighted by Gasteiger charge is -2.25. The zero-order chi connectivity index (χ0) is 61.9. The number of likely N-dealkylation sites (N-methyl/N-ethyl adjacent to an activating group) is 1. The van der Waals surface area contributed by atoms with E-state index in [1.807, 2.05) is 27.2 Å². The number of amides is 1. The smallest absolute Gasteiger partial charge is 0.387 e. The zero-order valence-corrected chi connectivity index (χ0v) is 57.0. The molecule has 1 amide bonds. The van der Waals surface area contributed by atoms with E-state index in [-0.39, 0.29) is 19.1 Å². The summed E-state index contributed by atoms with van der Waals surface area (Å²) < 4.78 is 23.8. The van der Waals surface area contributed by atoms with Gasteiger partial charge in [0.2, 0.25) is 5.91 Å².